The zero-order valence-corrected chi connectivity index (χ0v) is 15.8. The van der Waals surface area contributed by atoms with Crippen LogP contribution in [0.15, 0.2) is 36.4 Å². The minimum atomic E-state index is -0.869. The summed E-state index contributed by atoms with van der Waals surface area (Å²) in [5, 5.41) is 11.0. The molecule has 0 N–H and O–H groups in total. The first-order valence-corrected chi connectivity index (χ1v) is 8.81. The molecule has 0 fully saturated rings. The van der Waals surface area contributed by atoms with Gasteiger partial charge in [0.15, 0.2) is 0 Å². The van der Waals surface area contributed by atoms with E-state index in [2.05, 4.69) is 0 Å². The van der Waals surface area contributed by atoms with Gasteiger partial charge in [-0.05, 0) is 60.7 Å². The Morgan fingerprint density at radius 3 is 2.43 bits per heavy atom. The second-order valence-electron chi connectivity index (χ2n) is 6.38. The molecule has 28 heavy (non-hydrogen) atoms. The molecule has 146 valence electrons. The van der Waals surface area contributed by atoms with Crippen molar-refractivity contribution in [2.75, 3.05) is 18.6 Å². The van der Waals surface area contributed by atoms with E-state index >= 15 is 0 Å². The van der Waals surface area contributed by atoms with Crippen LogP contribution in [-0.2, 0) is 20.7 Å². The monoisotopic (exact) mass is 384 g/mol. The highest BCUT2D eigenvalue weighted by Gasteiger charge is 2.31. The lowest BCUT2D eigenvalue weighted by molar-refractivity contribution is -0.384. The molecular weight excluding hydrogens is 364 g/mol. The number of rotatable bonds is 5. The van der Waals surface area contributed by atoms with Gasteiger partial charge in [0.2, 0.25) is 0 Å². The summed E-state index contributed by atoms with van der Waals surface area (Å²) in [6.45, 7) is 3.42. The van der Waals surface area contributed by atoms with Gasteiger partial charge < -0.3 is 9.47 Å². The van der Waals surface area contributed by atoms with Gasteiger partial charge in [-0.15, -0.1) is 0 Å². The number of benzene rings is 2. The lowest BCUT2D eigenvalue weighted by atomic mass is 10.0. The molecule has 1 amide bonds. The minimum Gasteiger partial charge on any atom is -0.467 e. The van der Waals surface area contributed by atoms with Crippen molar-refractivity contribution >= 4 is 23.4 Å². The summed E-state index contributed by atoms with van der Waals surface area (Å²) in [5.74, 6) is -0.563. The molecule has 0 bridgehead atoms. The first kappa shape index (κ1) is 19.3. The summed E-state index contributed by atoms with van der Waals surface area (Å²) in [7, 11) is 1.26. The van der Waals surface area contributed by atoms with Crippen LogP contribution in [0.4, 0.5) is 16.2 Å². The maximum absolute atomic E-state index is 12.5. The van der Waals surface area contributed by atoms with Gasteiger partial charge in [0.25, 0.3) is 5.69 Å². The Balaban J connectivity index is 1.99. The standard InChI is InChI=1S/C20H20N2O6/c1-4-28-20(24)21(12(2)19(23)27-3)15-5-7-17-13(10-15)9-14-11-16(22(25)26)6-8-18(14)17/h5-8,10-12H,4,9H2,1-3H3. The van der Waals surface area contributed by atoms with Gasteiger partial charge in [0.1, 0.15) is 6.04 Å². The van der Waals surface area contributed by atoms with Crippen molar-refractivity contribution in [3.8, 4) is 11.1 Å². The van der Waals surface area contributed by atoms with E-state index in [0.29, 0.717) is 12.1 Å². The number of carbonyl (C=O) groups excluding carboxylic acids is 2. The summed E-state index contributed by atoms with van der Waals surface area (Å²) < 4.78 is 9.87. The Bertz CT molecular complexity index is 956. The number of carbonyl (C=O) groups is 2. The van der Waals surface area contributed by atoms with E-state index < -0.39 is 23.0 Å². The molecule has 0 saturated carbocycles. The normalized spacial score (nSPS) is 12.5. The molecule has 2 aromatic rings. The SMILES string of the molecule is CCOC(=O)N(c1ccc2c(c1)Cc1cc([N+](=O)[O-])ccc1-2)C(C)C(=O)OC. The largest absolute Gasteiger partial charge is 0.467 e. The number of hydrogen-bond acceptors (Lipinski definition) is 6. The molecule has 0 heterocycles. The number of ether oxygens (including phenoxy) is 2. The summed E-state index contributed by atoms with van der Waals surface area (Å²) in [6.07, 6.45) is -0.143. The molecule has 8 heteroatoms. The fraction of sp³-hybridized carbons (Fsp3) is 0.300. The molecule has 1 aliphatic carbocycles. The van der Waals surface area contributed by atoms with Crippen molar-refractivity contribution in [3.05, 3.63) is 57.6 Å². The third kappa shape index (κ3) is 3.40. The number of amides is 1. The maximum atomic E-state index is 12.5. The molecular formula is C20H20N2O6. The third-order valence-electron chi connectivity index (χ3n) is 4.73. The van der Waals surface area contributed by atoms with Crippen molar-refractivity contribution in [3.63, 3.8) is 0 Å². The van der Waals surface area contributed by atoms with Crippen LogP contribution in [0.2, 0.25) is 0 Å². The van der Waals surface area contributed by atoms with E-state index in [0.717, 1.165) is 22.3 Å². The number of methoxy groups -OCH3 is 1. The van der Waals surface area contributed by atoms with Gasteiger partial charge in [-0.25, -0.2) is 9.59 Å². The zero-order valence-electron chi connectivity index (χ0n) is 15.8. The van der Waals surface area contributed by atoms with Crippen LogP contribution in [0.25, 0.3) is 11.1 Å². The molecule has 0 radical (unpaired) electrons. The Morgan fingerprint density at radius 2 is 1.82 bits per heavy atom. The van der Waals surface area contributed by atoms with Gasteiger partial charge in [0, 0.05) is 17.8 Å². The molecule has 1 unspecified atom stereocenters. The number of non-ortho nitro benzene ring substituents is 1. The molecule has 1 aliphatic rings. The second-order valence-corrected chi connectivity index (χ2v) is 6.38. The fourth-order valence-electron chi connectivity index (χ4n) is 3.40. The lowest BCUT2D eigenvalue weighted by Crippen LogP contribution is -2.44. The molecule has 1 atom stereocenters. The molecule has 0 saturated heterocycles. The molecule has 2 aromatic carbocycles. The number of nitro groups is 1. The zero-order chi connectivity index (χ0) is 20.4. The van der Waals surface area contributed by atoms with E-state index in [4.69, 9.17) is 9.47 Å². The first-order valence-electron chi connectivity index (χ1n) is 8.81. The number of hydrogen-bond donors (Lipinski definition) is 0. The number of fused-ring (bicyclic) bond motifs is 3. The van der Waals surface area contributed by atoms with Crippen LogP contribution in [0, 0.1) is 10.1 Å². The van der Waals surface area contributed by atoms with Crippen LogP contribution < -0.4 is 4.90 Å². The molecule has 0 spiro atoms. The average molecular weight is 384 g/mol. The fourth-order valence-corrected chi connectivity index (χ4v) is 3.40. The van der Waals surface area contributed by atoms with Crippen molar-refractivity contribution in [1.29, 1.82) is 0 Å². The molecule has 0 aromatic heterocycles. The van der Waals surface area contributed by atoms with Gasteiger partial charge >= 0.3 is 12.1 Å². The predicted octanol–water partition coefficient (Wildman–Crippen LogP) is 3.69. The highest BCUT2D eigenvalue weighted by atomic mass is 16.6. The van der Waals surface area contributed by atoms with E-state index in [1.54, 1.807) is 38.1 Å². The Kier molecular flexibility index (Phi) is 5.30. The third-order valence-corrected chi connectivity index (χ3v) is 4.73. The number of anilines is 1. The molecule has 3 rings (SSSR count). The smallest absolute Gasteiger partial charge is 0.415 e. The van der Waals surface area contributed by atoms with Crippen molar-refractivity contribution in [1.82, 2.24) is 0 Å². The van der Waals surface area contributed by atoms with Gasteiger partial charge in [-0.1, -0.05) is 6.07 Å². The van der Waals surface area contributed by atoms with E-state index in [-0.39, 0.29) is 12.3 Å². The topological polar surface area (TPSA) is 99.0 Å². The van der Waals surface area contributed by atoms with Crippen molar-refractivity contribution in [2.45, 2.75) is 26.3 Å². The summed E-state index contributed by atoms with van der Waals surface area (Å²) in [5.41, 5.74) is 4.18. The van der Waals surface area contributed by atoms with Crippen LogP contribution in [0.3, 0.4) is 0 Å². The van der Waals surface area contributed by atoms with Crippen molar-refractivity contribution in [2.24, 2.45) is 0 Å². The van der Waals surface area contributed by atoms with Gasteiger partial charge in [0.05, 0.1) is 18.6 Å². The van der Waals surface area contributed by atoms with E-state index in [9.17, 15) is 19.7 Å². The van der Waals surface area contributed by atoms with Crippen molar-refractivity contribution < 1.29 is 24.0 Å². The molecule has 0 aliphatic heterocycles. The van der Waals surface area contributed by atoms with Crippen LogP contribution in [0.1, 0.15) is 25.0 Å². The Labute approximate surface area is 161 Å². The molecule has 8 nitrogen and oxygen atoms in total. The number of nitrogens with zero attached hydrogens (tertiary/aromatic N) is 2. The lowest BCUT2D eigenvalue weighted by Gasteiger charge is -2.27. The van der Waals surface area contributed by atoms with Crippen LogP contribution in [0.5, 0.6) is 0 Å². The van der Waals surface area contributed by atoms with E-state index in [1.807, 2.05) is 6.07 Å². The van der Waals surface area contributed by atoms with Crippen LogP contribution in [-0.4, -0.2) is 36.7 Å². The number of nitro benzene ring substituents is 1. The van der Waals surface area contributed by atoms with Gasteiger partial charge in [-0.2, -0.15) is 0 Å². The maximum Gasteiger partial charge on any atom is 0.415 e. The Hall–Kier alpha value is -3.42. The average Bonchev–Trinajstić information content (AvgIpc) is 3.04. The van der Waals surface area contributed by atoms with E-state index in [1.165, 1.54) is 18.1 Å². The Morgan fingerprint density at radius 1 is 1.18 bits per heavy atom. The summed E-state index contributed by atoms with van der Waals surface area (Å²) in [4.78, 5) is 36.3. The predicted molar refractivity (Wildman–Crippen MR) is 102 cm³/mol. The highest BCUT2D eigenvalue weighted by Crippen LogP contribution is 2.40. The number of esters is 1. The highest BCUT2D eigenvalue weighted by molar-refractivity contribution is 5.96. The summed E-state index contributed by atoms with van der Waals surface area (Å²) >= 11 is 0. The van der Waals surface area contributed by atoms with Gasteiger partial charge in [-0.3, -0.25) is 15.0 Å². The summed E-state index contributed by atoms with van der Waals surface area (Å²) in [6, 6.07) is 9.29. The van der Waals surface area contributed by atoms with Crippen LogP contribution >= 0.6 is 0 Å². The minimum absolute atomic E-state index is 0.0410. The first-order chi connectivity index (χ1) is 13.4. The quantitative estimate of drug-likeness (QED) is 0.378. The second kappa shape index (κ2) is 7.67.